The van der Waals surface area contributed by atoms with Gasteiger partial charge in [-0.1, -0.05) is 0 Å². The van der Waals surface area contributed by atoms with Crippen LogP contribution in [-0.4, -0.2) is 45.7 Å². The van der Waals surface area contributed by atoms with Crippen LogP contribution in [0.1, 0.15) is 12.8 Å². The second-order valence-corrected chi connectivity index (χ2v) is 7.10. The molecule has 4 heterocycles. The molecule has 28 heavy (non-hydrogen) atoms. The van der Waals surface area contributed by atoms with Crippen LogP contribution < -0.4 is 19.7 Å². The zero-order chi connectivity index (χ0) is 19.1. The average Bonchev–Trinajstić information content (AvgIpc) is 3.36. The van der Waals surface area contributed by atoms with Gasteiger partial charge in [-0.3, -0.25) is 4.79 Å². The van der Waals surface area contributed by atoms with Gasteiger partial charge < -0.3 is 24.7 Å². The summed E-state index contributed by atoms with van der Waals surface area (Å²) in [7, 11) is 0. The number of aromatic nitrogens is 4. The van der Waals surface area contributed by atoms with E-state index in [0.717, 1.165) is 24.9 Å². The first-order valence-corrected chi connectivity index (χ1v) is 9.37. The van der Waals surface area contributed by atoms with E-state index < -0.39 is 0 Å². The molecule has 3 aromatic rings. The fourth-order valence-electron chi connectivity index (χ4n) is 3.62. The summed E-state index contributed by atoms with van der Waals surface area (Å²) >= 11 is 6.05. The van der Waals surface area contributed by atoms with Crippen LogP contribution in [0.15, 0.2) is 24.5 Å². The lowest BCUT2D eigenvalue weighted by atomic mass is 9.97. The number of benzene rings is 1. The maximum absolute atomic E-state index is 12.8. The first kappa shape index (κ1) is 17.1. The van der Waals surface area contributed by atoms with Gasteiger partial charge in [0.25, 0.3) is 0 Å². The number of rotatable bonds is 3. The number of imidazole rings is 1. The Labute approximate surface area is 165 Å². The fraction of sp³-hybridized carbons (Fsp3) is 0.333. The van der Waals surface area contributed by atoms with Crippen molar-refractivity contribution in [3.8, 4) is 11.5 Å². The van der Waals surface area contributed by atoms with Crippen molar-refractivity contribution in [2.45, 2.75) is 12.8 Å². The van der Waals surface area contributed by atoms with Crippen molar-refractivity contribution in [1.82, 2.24) is 19.9 Å². The molecule has 1 fully saturated rings. The molecule has 1 saturated heterocycles. The number of aromatic amines is 1. The van der Waals surface area contributed by atoms with Crippen molar-refractivity contribution < 1.29 is 14.3 Å². The lowest BCUT2D eigenvalue weighted by Gasteiger charge is -2.33. The van der Waals surface area contributed by atoms with Gasteiger partial charge in [-0.25, -0.2) is 4.98 Å². The minimum absolute atomic E-state index is 0.0374. The SMILES string of the molecule is O=C(Nc1ccc2c(c1)OCO2)[C@H]1CCCN(c2nc(Cl)nc3nc[nH]c23)C1. The van der Waals surface area contributed by atoms with Gasteiger partial charge in [-0.15, -0.1) is 0 Å². The number of hydrogen-bond donors (Lipinski definition) is 2. The van der Waals surface area contributed by atoms with Crippen LogP contribution in [0.2, 0.25) is 5.28 Å². The van der Waals surface area contributed by atoms with Gasteiger partial charge in [-0.05, 0) is 36.6 Å². The molecule has 0 radical (unpaired) electrons. The summed E-state index contributed by atoms with van der Waals surface area (Å²) in [4.78, 5) is 30.6. The van der Waals surface area contributed by atoms with Crippen molar-refractivity contribution in [1.29, 1.82) is 0 Å². The molecule has 10 heteroatoms. The summed E-state index contributed by atoms with van der Waals surface area (Å²) < 4.78 is 10.7. The maximum atomic E-state index is 12.8. The number of anilines is 2. The predicted molar refractivity (Wildman–Crippen MR) is 103 cm³/mol. The topological polar surface area (TPSA) is 105 Å². The molecular formula is C18H17ClN6O3. The highest BCUT2D eigenvalue weighted by Gasteiger charge is 2.28. The van der Waals surface area contributed by atoms with Gasteiger partial charge >= 0.3 is 0 Å². The van der Waals surface area contributed by atoms with E-state index in [4.69, 9.17) is 21.1 Å². The lowest BCUT2D eigenvalue weighted by Crippen LogP contribution is -2.41. The van der Waals surface area contributed by atoms with E-state index in [1.807, 2.05) is 6.07 Å². The summed E-state index contributed by atoms with van der Waals surface area (Å²) in [5.74, 6) is 1.79. The Morgan fingerprint density at radius 3 is 3.11 bits per heavy atom. The number of carbonyl (C=O) groups is 1. The number of nitrogens with zero attached hydrogens (tertiary/aromatic N) is 4. The summed E-state index contributed by atoms with van der Waals surface area (Å²) in [6, 6.07) is 5.38. The quantitative estimate of drug-likeness (QED) is 0.651. The Hall–Kier alpha value is -3.07. The van der Waals surface area contributed by atoms with E-state index in [0.29, 0.717) is 35.2 Å². The summed E-state index contributed by atoms with van der Waals surface area (Å²) in [6.07, 6.45) is 3.24. The molecule has 9 nitrogen and oxygen atoms in total. The average molecular weight is 401 g/mol. The number of halogens is 1. The van der Waals surface area contributed by atoms with E-state index in [-0.39, 0.29) is 23.9 Å². The smallest absolute Gasteiger partial charge is 0.231 e. The van der Waals surface area contributed by atoms with E-state index in [1.54, 1.807) is 18.5 Å². The van der Waals surface area contributed by atoms with Crippen molar-refractivity contribution in [3.05, 3.63) is 29.8 Å². The van der Waals surface area contributed by atoms with Gasteiger partial charge in [0, 0.05) is 24.8 Å². The Kier molecular flexibility index (Phi) is 4.16. The number of carbonyl (C=O) groups excluding carboxylic acids is 1. The highest BCUT2D eigenvalue weighted by Crippen LogP contribution is 2.34. The van der Waals surface area contributed by atoms with Crippen molar-refractivity contribution in [3.63, 3.8) is 0 Å². The third kappa shape index (κ3) is 3.07. The molecule has 5 rings (SSSR count). The van der Waals surface area contributed by atoms with Crippen molar-refractivity contribution in [2.75, 3.05) is 30.1 Å². The highest BCUT2D eigenvalue weighted by atomic mass is 35.5. The van der Waals surface area contributed by atoms with E-state index >= 15 is 0 Å². The van der Waals surface area contributed by atoms with Gasteiger partial charge in [0.15, 0.2) is 23.0 Å². The second kappa shape index (κ2) is 6.83. The minimum Gasteiger partial charge on any atom is -0.454 e. The number of fused-ring (bicyclic) bond motifs is 2. The molecule has 1 amide bonds. The number of amides is 1. The molecule has 0 bridgehead atoms. The van der Waals surface area contributed by atoms with E-state index in [1.165, 1.54) is 0 Å². The van der Waals surface area contributed by atoms with Crippen LogP contribution in [0.3, 0.4) is 0 Å². The van der Waals surface area contributed by atoms with Crippen LogP contribution in [0, 0.1) is 5.92 Å². The van der Waals surface area contributed by atoms with Crippen LogP contribution in [0.5, 0.6) is 11.5 Å². The lowest BCUT2D eigenvalue weighted by molar-refractivity contribution is -0.120. The molecule has 144 valence electrons. The molecule has 0 spiro atoms. The predicted octanol–water partition coefficient (Wildman–Crippen LogP) is 2.59. The van der Waals surface area contributed by atoms with E-state index in [9.17, 15) is 4.79 Å². The molecule has 2 N–H and O–H groups in total. The Bertz CT molecular complexity index is 1050. The highest BCUT2D eigenvalue weighted by molar-refractivity contribution is 6.28. The van der Waals surface area contributed by atoms with Gasteiger partial charge in [0.2, 0.25) is 18.0 Å². The van der Waals surface area contributed by atoms with Gasteiger partial charge in [0.1, 0.15) is 5.52 Å². The standard InChI is InChI=1S/C18H17ClN6O3/c19-18-23-15-14(20-8-21-15)16(24-18)25-5-1-2-10(7-25)17(26)22-11-3-4-12-13(6-11)28-9-27-12/h3-4,6,8,10H,1-2,5,7,9H2,(H,22,26)(H,20,21,23,24)/t10-/m0/s1. The summed E-state index contributed by atoms with van der Waals surface area (Å²) in [5.41, 5.74) is 1.93. The number of ether oxygens (including phenoxy) is 2. The monoisotopic (exact) mass is 400 g/mol. The summed E-state index contributed by atoms with van der Waals surface area (Å²) in [5, 5.41) is 3.12. The zero-order valence-electron chi connectivity index (χ0n) is 14.8. The Morgan fingerprint density at radius 2 is 2.18 bits per heavy atom. The number of piperidine rings is 1. The molecule has 1 atom stereocenters. The Morgan fingerprint density at radius 1 is 1.29 bits per heavy atom. The first-order chi connectivity index (χ1) is 13.7. The van der Waals surface area contributed by atoms with Gasteiger partial charge in [-0.2, -0.15) is 9.97 Å². The molecule has 0 unspecified atom stereocenters. The third-order valence-corrected chi connectivity index (χ3v) is 5.14. The minimum atomic E-state index is -0.175. The van der Waals surface area contributed by atoms with Gasteiger partial charge in [0.05, 0.1) is 12.2 Å². The largest absolute Gasteiger partial charge is 0.454 e. The molecule has 0 aliphatic carbocycles. The van der Waals surface area contributed by atoms with Crippen molar-refractivity contribution >= 4 is 40.2 Å². The van der Waals surface area contributed by atoms with Crippen LogP contribution in [-0.2, 0) is 4.79 Å². The number of nitrogens with one attached hydrogen (secondary N) is 2. The number of H-pyrrole nitrogens is 1. The normalized spacial score (nSPS) is 18.5. The zero-order valence-corrected chi connectivity index (χ0v) is 15.6. The van der Waals surface area contributed by atoms with Crippen molar-refractivity contribution in [2.24, 2.45) is 5.92 Å². The second-order valence-electron chi connectivity index (χ2n) is 6.76. The third-order valence-electron chi connectivity index (χ3n) is 4.97. The van der Waals surface area contributed by atoms with Crippen LogP contribution in [0.4, 0.5) is 11.5 Å². The molecular weight excluding hydrogens is 384 g/mol. The van der Waals surface area contributed by atoms with Crippen LogP contribution in [0.25, 0.3) is 11.2 Å². The molecule has 2 aliphatic rings. The molecule has 2 aromatic heterocycles. The number of hydrogen-bond acceptors (Lipinski definition) is 7. The molecule has 0 saturated carbocycles. The van der Waals surface area contributed by atoms with E-state index in [2.05, 4.69) is 30.2 Å². The summed E-state index contributed by atoms with van der Waals surface area (Å²) in [6.45, 7) is 1.53. The first-order valence-electron chi connectivity index (χ1n) is 8.99. The van der Waals surface area contributed by atoms with Crippen LogP contribution >= 0.6 is 11.6 Å². The maximum Gasteiger partial charge on any atom is 0.231 e. The fourth-order valence-corrected chi connectivity index (χ4v) is 3.78. The Balaban J connectivity index is 1.34. The molecule has 1 aromatic carbocycles. The molecule has 2 aliphatic heterocycles.